The van der Waals surface area contributed by atoms with Gasteiger partial charge in [0.2, 0.25) is 0 Å². The largest absolute Gasteiger partial charge is 0.399 e. The molecule has 0 aliphatic heterocycles. The van der Waals surface area contributed by atoms with Crippen molar-refractivity contribution in [2.45, 2.75) is 18.6 Å². The Bertz CT molecular complexity index is 908. The number of nitrogens with two attached hydrogens (primary N) is 2. The smallest absolute Gasteiger partial charge is 0.264 e. The summed E-state index contributed by atoms with van der Waals surface area (Å²) in [5, 5.41) is 2.01. The second-order valence-corrected chi connectivity index (χ2v) is 7.55. The molecule has 5 N–H and O–H groups in total. The van der Waals surface area contributed by atoms with Crippen LogP contribution in [0.3, 0.4) is 0 Å². The van der Waals surface area contributed by atoms with Crippen LogP contribution in [0, 0.1) is 0 Å². The highest BCUT2D eigenvalue weighted by molar-refractivity contribution is 7.85. The summed E-state index contributed by atoms with van der Waals surface area (Å²) < 4.78 is 36.0. The molecule has 1 atom stereocenters. The first-order valence-electron chi connectivity index (χ1n) is 7.68. The van der Waals surface area contributed by atoms with E-state index in [0.717, 1.165) is 21.9 Å². The van der Waals surface area contributed by atoms with Gasteiger partial charge in [0.05, 0.1) is 5.75 Å². The van der Waals surface area contributed by atoms with Crippen LogP contribution in [0.25, 0.3) is 16.8 Å². The topological polar surface area (TPSA) is 116 Å². The molecule has 0 fully saturated rings. The third kappa shape index (κ3) is 3.44. The molecular formula is C17H20N2O4S. The summed E-state index contributed by atoms with van der Waals surface area (Å²) in [5.74, 6) is -0.283. The van der Waals surface area contributed by atoms with Crippen LogP contribution in [-0.4, -0.2) is 25.3 Å². The molecule has 0 spiro atoms. The molecule has 1 aliphatic carbocycles. The van der Waals surface area contributed by atoms with E-state index >= 15 is 0 Å². The average Bonchev–Trinajstić information content (AvgIpc) is 2.49. The molecule has 0 radical (unpaired) electrons. The van der Waals surface area contributed by atoms with Crippen molar-refractivity contribution in [3.05, 3.63) is 47.5 Å². The van der Waals surface area contributed by atoms with Crippen molar-refractivity contribution in [1.29, 1.82) is 0 Å². The summed E-state index contributed by atoms with van der Waals surface area (Å²) in [5.41, 5.74) is 13.8. The lowest BCUT2D eigenvalue weighted by Gasteiger charge is -2.31. The van der Waals surface area contributed by atoms with Crippen molar-refractivity contribution in [1.82, 2.24) is 0 Å². The van der Waals surface area contributed by atoms with Crippen LogP contribution in [0.1, 0.15) is 24.0 Å². The molecule has 2 aromatic rings. The molecule has 128 valence electrons. The number of hydrogen-bond acceptors (Lipinski definition) is 5. The summed E-state index contributed by atoms with van der Waals surface area (Å²) in [6, 6.07) is 9.65. The fraction of sp³-hybridized carbons (Fsp3) is 0.294. The lowest BCUT2D eigenvalue weighted by atomic mass is 9.87. The zero-order chi connectivity index (χ0) is 17.4. The molecule has 6 nitrogen and oxygen atoms in total. The summed E-state index contributed by atoms with van der Waals surface area (Å²) in [6.07, 6.45) is 4.48. The Kier molecular flexibility index (Phi) is 4.35. The normalized spacial score (nSPS) is 19.8. The molecular weight excluding hydrogens is 328 g/mol. The average molecular weight is 348 g/mol. The second kappa shape index (κ2) is 6.18. The second-order valence-electron chi connectivity index (χ2n) is 5.98. The van der Waals surface area contributed by atoms with Gasteiger partial charge in [-0.25, -0.2) is 0 Å². The summed E-state index contributed by atoms with van der Waals surface area (Å²) in [7, 11) is -3.94. The Hall–Kier alpha value is -1.93. The van der Waals surface area contributed by atoms with Crippen molar-refractivity contribution in [2.24, 2.45) is 5.73 Å². The molecule has 3 rings (SSSR count). The number of rotatable bonds is 6. The predicted molar refractivity (Wildman–Crippen MR) is 94.9 cm³/mol. The fourth-order valence-electron chi connectivity index (χ4n) is 2.98. The molecule has 24 heavy (non-hydrogen) atoms. The van der Waals surface area contributed by atoms with Crippen LogP contribution in [-0.2, 0) is 20.6 Å². The van der Waals surface area contributed by atoms with Crippen molar-refractivity contribution >= 4 is 32.7 Å². The number of anilines is 1. The monoisotopic (exact) mass is 348 g/mol. The highest BCUT2D eigenvalue weighted by Crippen LogP contribution is 2.38. The van der Waals surface area contributed by atoms with Gasteiger partial charge in [0.25, 0.3) is 10.1 Å². The minimum Gasteiger partial charge on any atom is -0.399 e. The van der Waals surface area contributed by atoms with Crippen molar-refractivity contribution in [2.75, 3.05) is 18.1 Å². The van der Waals surface area contributed by atoms with Gasteiger partial charge in [-0.05, 0) is 47.4 Å². The van der Waals surface area contributed by atoms with Crippen molar-refractivity contribution in [3.8, 4) is 0 Å². The summed E-state index contributed by atoms with van der Waals surface area (Å²) >= 11 is 0. The van der Waals surface area contributed by atoms with Crippen LogP contribution in [0.15, 0.2) is 36.4 Å². The number of unbranched alkanes of at least 4 members (excludes halogenated alkanes) is 1. The zero-order valence-corrected chi connectivity index (χ0v) is 13.9. The van der Waals surface area contributed by atoms with E-state index in [9.17, 15) is 8.42 Å². The molecule has 1 unspecified atom stereocenters. The predicted octanol–water partition coefficient (Wildman–Crippen LogP) is 2.24. The maximum atomic E-state index is 10.7. The molecule has 0 heterocycles. The van der Waals surface area contributed by atoms with Gasteiger partial charge in [-0.15, -0.1) is 0 Å². The van der Waals surface area contributed by atoms with Crippen LogP contribution in [0.2, 0.25) is 0 Å². The zero-order valence-electron chi connectivity index (χ0n) is 13.1. The first-order chi connectivity index (χ1) is 11.3. The standard InChI is InChI=1S/C17H20N2O4S/c18-14-10-13-5-3-4-12-6-7-17(19,15(11-14)16(12)13)23-8-1-2-9-24(20,21)22/h3-7,10-11H,1-2,8-9,18-19H2,(H,20,21,22). The molecule has 0 bridgehead atoms. The maximum Gasteiger partial charge on any atom is 0.264 e. The molecule has 0 amide bonds. The minimum absolute atomic E-state index is 0.273. The van der Waals surface area contributed by atoms with Gasteiger partial charge in [0, 0.05) is 17.9 Å². The van der Waals surface area contributed by atoms with Gasteiger partial charge < -0.3 is 10.5 Å². The lowest BCUT2D eigenvalue weighted by Crippen LogP contribution is -2.39. The third-order valence-corrected chi connectivity index (χ3v) is 4.90. The Labute approximate surface area is 140 Å². The van der Waals surface area contributed by atoms with Gasteiger partial charge >= 0.3 is 0 Å². The van der Waals surface area contributed by atoms with E-state index in [2.05, 4.69) is 0 Å². The van der Waals surface area contributed by atoms with E-state index in [-0.39, 0.29) is 12.4 Å². The first-order valence-corrected chi connectivity index (χ1v) is 9.29. The summed E-state index contributed by atoms with van der Waals surface area (Å²) in [6.45, 7) is 0.273. The van der Waals surface area contributed by atoms with Crippen LogP contribution in [0.5, 0.6) is 0 Å². The van der Waals surface area contributed by atoms with Gasteiger partial charge in [0.15, 0.2) is 5.72 Å². The SMILES string of the molecule is Nc1cc2c3c(cccc3c1)C=CC2(N)OCCCCS(=O)(=O)O. The minimum atomic E-state index is -3.94. The Morgan fingerprint density at radius 3 is 2.75 bits per heavy atom. The van der Waals surface area contributed by atoms with Crippen LogP contribution < -0.4 is 11.5 Å². The van der Waals surface area contributed by atoms with E-state index in [4.69, 9.17) is 20.8 Å². The number of hydrogen-bond donors (Lipinski definition) is 3. The lowest BCUT2D eigenvalue weighted by molar-refractivity contribution is -0.00781. The molecule has 0 saturated heterocycles. The molecule has 0 aromatic heterocycles. The van der Waals surface area contributed by atoms with Gasteiger partial charge in [-0.1, -0.05) is 24.3 Å². The van der Waals surface area contributed by atoms with E-state index < -0.39 is 15.8 Å². The van der Waals surface area contributed by atoms with Gasteiger partial charge in [-0.3, -0.25) is 10.3 Å². The third-order valence-electron chi connectivity index (χ3n) is 4.10. The van der Waals surface area contributed by atoms with E-state index in [1.807, 2.05) is 36.4 Å². The highest BCUT2D eigenvalue weighted by Gasteiger charge is 2.31. The Balaban J connectivity index is 1.81. The van der Waals surface area contributed by atoms with Crippen molar-refractivity contribution in [3.63, 3.8) is 0 Å². The van der Waals surface area contributed by atoms with Crippen LogP contribution >= 0.6 is 0 Å². The molecule has 1 aliphatic rings. The quantitative estimate of drug-likeness (QED) is 0.319. The van der Waals surface area contributed by atoms with E-state index in [1.165, 1.54) is 0 Å². The number of nitrogen functional groups attached to an aromatic ring is 1. The fourth-order valence-corrected chi connectivity index (χ4v) is 3.55. The maximum absolute atomic E-state index is 10.7. The summed E-state index contributed by atoms with van der Waals surface area (Å²) in [4.78, 5) is 0. The van der Waals surface area contributed by atoms with Crippen LogP contribution in [0.4, 0.5) is 5.69 Å². The Morgan fingerprint density at radius 1 is 1.21 bits per heavy atom. The first kappa shape index (κ1) is 16.9. The molecule has 2 aromatic carbocycles. The number of ether oxygens (including phenoxy) is 1. The Morgan fingerprint density at radius 2 is 2.00 bits per heavy atom. The van der Waals surface area contributed by atoms with Gasteiger partial charge in [0.1, 0.15) is 0 Å². The van der Waals surface area contributed by atoms with Gasteiger partial charge in [-0.2, -0.15) is 8.42 Å². The highest BCUT2D eigenvalue weighted by atomic mass is 32.2. The van der Waals surface area contributed by atoms with E-state index in [1.54, 1.807) is 6.08 Å². The van der Waals surface area contributed by atoms with E-state index in [0.29, 0.717) is 18.5 Å². The van der Waals surface area contributed by atoms with Crippen molar-refractivity contribution < 1.29 is 17.7 Å². The number of benzene rings is 2. The molecule has 0 saturated carbocycles. The molecule has 7 heteroatoms.